The van der Waals surface area contributed by atoms with Crippen molar-refractivity contribution in [2.75, 3.05) is 47.5 Å². The van der Waals surface area contributed by atoms with E-state index in [2.05, 4.69) is 86.8 Å². The maximum atomic E-state index is 12.9. The first-order valence-electron chi connectivity index (χ1n) is 30.1. The minimum absolute atomic E-state index is 0.142. The second-order valence-corrected chi connectivity index (χ2v) is 21.3. The van der Waals surface area contributed by atoms with Crippen LogP contribution in [0.2, 0.25) is 0 Å². The van der Waals surface area contributed by atoms with Crippen LogP contribution < -0.4 is 5.11 Å². The van der Waals surface area contributed by atoms with Crippen LogP contribution in [0.15, 0.2) is 72.9 Å². The first kappa shape index (κ1) is 69.7. The zero-order chi connectivity index (χ0) is 53.4. The Morgan fingerprint density at radius 3 is 1.10 bits per heavy atom. The first-order valence-corrected chi connectivity index (χ1v) is 30.1. The van der Waals surface area contributed by atoms with Crippen LogP contribution in [0.25, 0.3) is 0 Å². The molecule has 0 saturated heterocycles. The maximum Gasteiger partial charge on any atom is 0.306 e. The molecule has 0 aliphatic carbocycles. The highest BCUT2D eigenvalue weighted by Crippen LogP contribution is 2.15. The SMILES string of the molecule is CCCCCCC/C=C\C/C=C\C/C=C\CCCCCCCCCCCCCCC(=O)OC(COC(=O)CCCCCCCC/C=C\C/C=C\C/C=C\CCCCCCC)COC(OCC[N+](C)(C)C)C(=O)[O-]. The molecule has 0 aromatic carbocycles. The van der Waals surface area contributed by atoms with Crippen LogP contribution in [-0.2, 0) is 33.3 Å². The van der Waals surface area contributed by atoms with E-state index >= 15 is 0 Å². The van der Waals surface area contributed by atoms with Gasteiger partial charge in [-0.25, -0.2) is 0 Å². The van der Waals surface area contributed by atoms with Crippen molar-refractivity contribution in [1.82, 2.24) is 0 Å². The van der Waals surface area contributed by atoms with Crippen molar-refractivity contribution < 1.29 is 42.9 Å². The first-order chi connectivity index (χ1) is 35.6. The molecule has 0 fully saturated rings. The summed E-state index contributed by atoms with van der Waals surface area (Å²) in [4.78, 5) is 37.3. The van der Waals surface area contributed by atoms with Crippen LogP contribution >= 0.6 is 0 Å². The molecule has 0 aliphatic heterocycles. The summed E-state index contributed by atoms with van der Waals surface area (Å²) >= 11 is 0. The molecule has 0 radical (unpaired) electrons. The number of allylic oxidation sites excluding steroid dienone is 12. The predicted molar refractivity (Wildman–Crippen MR) is 306 cm³/mol. The summed E-state index contributed by atoms with van der Waals surface area (Å²) in [6.07, 6.45) is 68.0. The van der Waals surface area contributed by atoms with E-state index in [0.717, 1.165) is 77.0 Å². The van der Waals surface area contributed by atoms with Crippen LogP contribution in [0.5, 0.6) is 0 Å². The van der Waals surface area contributed by atoms with Crippen molar-refractivity contribution in [3.05, 3.63) is 72.9 Å². The number of aliphatic carboxylic acids is 1. The number of carboxylic acid groups (broad SMARTS) is 1. The van der Waals surface area contributed by atoms with Crippen molar-refractivity contribution in [3.8, 4) is 0 Å². The number of ether oxygens (including phenoxy) is 4. The molecule has 0 heterocycles. The summed E-state index contributed by atoms with van der Waals surface area (Å²) in [5, 5.41) is 11.8. The molecule has 9 nitrogen and oxygen atoms in total. The molecule has 0 bridgehead atoms. The normalized spacial score (nSPS) is 13.3. The second kappa shape index (κ2) is 55.0. The Labute approximate surface area is 449 Å². The van der Waals surface area contributed by atoms with Crippen LogP contribution in [0, 0.1) is 0 Å². The van der Waals surface area contributed by atoms with E-state index in [4.69, 9.17) is 18.9 Å². The largest absolute Gasteiger partial charge is 0.545 e. The Kier molecular flexibility index (Phi) is 52.5. The van der Waals surface area contributed by atoms with Gasteiger partial charge in [-0.3, -0.25) is 9.59 Å². The molecule has 0 aromatic rings. The number of unbranched alkanes of at least 4 members (excludes halogenated alkanes) is 28. The summed E-state index contributed by atoms with van der Waals surface area (Å²) in [6, 6.07) is 0. The van der Waals surface area contributed by atoms with Gasteiger partial charge in [-0.1, -0.05) is 228 Å². The third-order valence-electron chi connectivity index (χ3n) is 12.9. The van der Waals surface area contributed by atoms with Gasteiger partial charge < -0.3 is 33.3 Å². The van der Waals surface area contributed by atoms with Crippen LogP contribution in [0.4, 0.5) is 0 Å². The highest BCUT2D eigenvalue weighted by Gasteiger charge is 2.22. The van der Waals surface area contributed by atoms with Crippen LogP contribution in [0.3, 0.4) is 0 Å². The van der Waals surface area contributed by atoms with Crippen molar-refractivity contribution in [2.45, 2.75) is 270 Å². The number of carboxylic acids is 1. The van der Waals surface area contributed by atoms with E-state index in [9.17, 15) is 19.5 Å². The van der Waals surface area contributed by atoms with Crippen LogP contribution in [-0.4, -0.2) is 82.3 Å². The van der Waals surface area contributed by atoms with E-state index in [1.54, 1.807) is 0 Å². The van der Waals surface area contributed by atoms with Crippen molar-refractivity contribution >= 4 is 17.9 Å². The molecule has 0 saturated carbocycles. The number of carbonyl (C=O) groups is 3. The standard InChI is InChI=1S/C64H113NO8/c1-6-8-10-12-14-16-18-20-22-24-26-28-29-30-31-32-33-35-37-39-41-43-45-47-49-51-53-55-62(67)73-60(59-72-64(63(68)69)70-57-56-65(3,4)5)58-71-61(66)54-52-50-48-46-44-42-40-38-36-34-27-25-23-21-19-17-15-13-11-9-7-2/h18-21,24-27,29-30,36,38,60,64H,6-17,22-23,28,31-35,37,39-59H2,1-5H3/b20-18-,21-19-,26-24-,27-25-,30-29-,38-36-. The number of hydrogen-bond donors (Lipinski definition) is 0. The summed E-state index contributed by atoms with van der Waals surface area (Å²) < 4.78 is 22.7. The van der Waals surface area contributed by atoms with Crippen molar-refractivity contribution in [2.24, 2.45) is 0 Å². The Morgan fingerprint density at radius 2 is 0.740 bits per heavy atom. The lowest BCUT2D eigenvalue weighted by molar-refractivity contribution is -0.870. The molecule has 0 N–H and O–H groups in total. The van der Waals surface area contributed by atoms with Gasteiger partial charge in [-0.05, 0) is 89.9 Å². The summed E-state index contributed by atoms with van der Waals surface area (Å²) in [6.45, 7) is 4.72. The lowest BCUT2D eigenvalue weighted by Gasteiger charge is -2.26. The molecular weight excluding hydrogens is 911 g/mol. The minimum atomic E-state index is -1.63. The Hall–Kier alpha value is -3.27. The fourth-order valence-electron chi connectivity index (χ4n) is 8.26. The van der Waals surface area contributed by atoms with Gasteiger partial charge in [0.25, 0.3) is 0 Å². The van der Waals surface area contributed by atoms with Gasteiger partial charge in [0, 0.05) is 12.8 Å². The fraction of sp³-hybridized carbons (Fsp3) is 0.766. The van der Waals surface area contributed by atoms with Gasteiger partial charge in [-0.2, -0.15) is 0 Å². The number of carbonyl (C=O) groups excluding carboxylic acids is 3. The van der Waals surface area contributed by atoms with Crippen molar-refractivity contribution in [3.63, 3.8) is 0 Å². The zero-order valence-electron chi connectivity index (χ0n) is 48.0. The monoisotopic (exact) mass is 1020 g/mol. The number of likely N-dealkylation sites (N-methyl/N-ethyl adjacent to an activating group) is 1. The number of quaternary nitrogens is 1. The van der Waals surface area contributed by atoms with E-state index < -0.39 is 24.3 Å². The highest BCUT2D eigenvalue weighted by atomic mass is 16.7. The lowest BCUT2D eigenvalue weighted by Crippen LogP contribution is -2.44. The lowest BCUT2D eigenvalue weighted by atomic mass is 10.0. The number of rotatable bonds is 55. The van der Waals surface area contributed by atoms with E-state index in [1.165, 1.54) is 148 Å². The molecule has 0 aromatic heterocycles. The van der Waals surface area contributed by atoms with Crippen LogP contribution in [0.1, 0.15) is 258 Å². The molecule has 422 valence electrons. The average Bonchev–Trinajstić information content (AvgIpc) is 3.36. The quantitative estimate of drug-likeness (QED) is 0.0195. The Bertz CT molecular complexity index is 1420. The third kappa shape index (κ3) is 56.3. The summed E-state index contributed by atoms with van der Waals surface area (Å²) in [5.41, 5.74) is 0. The molecule has 9 heteroatoms. The molecule has 2 unspecified atom stereocenters. The summed E-state index contributed by atoms with van der Waals surface area (Å²) in [7, 11) is 5.92. The molecule has 0 amide bonds. The smallest absolute Gasteiger partial charge is 0.306 e. The molecule has 0 spiro atoms. The fourth-order valence-corrected chi connectivity index (χ4v) is 8.26. The molecular formula is C64H113NO8. The van der Waals surface area contributed by atoms with Gasteiger partial charge in [0.2, 0.25) is 0 Å². The second-order valence-electron chi connectivity index (χ2n) is 21.3. The Balaban J connectivity index is 4.26. The molecule has 73 heavy (non-hydrogen) atoms. The van der Waals surface area contributed by atoms with E-state index in [1.807, 2.05) is 21.1 Å². The average molecular weight is 1020 g/mol. The Morgan fingerprint density at radius 1 is 0.411 bits per heavy atom. The maximum absolute atomic E-state index is 12.9. The summed E-state index contributed by atoms with van der Waals surface area (Å²) in [5.74, 6) is -2.30. The number of nitrogens with zero attached hydrogens (tertiary/aromatic N) is 1. The predicted octanol–water partition coefficient (Wildman–Crippen LogP) is 16.5. The topological polar surface area (TPSA) is 111 Å². The highest BCUT2D eigenvalue weighted by molar-refractivity contribution is 5.70. The van der Waals surface area contributed by atoms with Gasteiger partial charge in [-0.15, -0.1) is 0 Å². The minimum Gasteiger partial charge on any atom is -0.545 e. The van der Waals surface area contributed by atoms with Gasteiger partial charge in [0.1, 0.15) is 13.2 Å². The third-order valence-corrected chi connectivity index (χ3v) is 12.9. The molecule has 2 atom stereocenters. The number of esters is 2. The van der Waals surface area contributed by atoms with E-state index in [-0.39, 0.29) is 38.6 Å². The molecule has 0 aliphatic rings. The number of hydrogen-bond acceptors (Lipinski definition) is 8. The van der Waals surface area contributed by atoms with Crippen molar-refractivity contribution in [1.29, 1.82) is 0 Å². The van der Waals surface area contributed by atoms with Gasteiger partial charge in [0.15, 0.2) is 12.4 Å². The molecule has 0 rings (SSSR count). The van der Waals surface area contributed by atoms with E-state index in [0.29, 0.717) is 17.4 Å². The van der Waals surface area contributed by atoms with Gasteiger partial charge in [0.05, 0.1) is 40.3 Å². The van der Waals surface area contributed by atoms with Gasteiger partial charge >= 0.3 is 11.9 Å². The zero-order valence-corrected chi connectivity index (χ0v) is 48.0.